The molecule has 0 saturated heterocycles. The van der Waals surface area contributed by atoms with Gasteiger partial charge in [-0.15, -0.1) is 0 Å². The van der Waals surface area contributed by atoms with E-state index in [0.717, 1.165) is 22.3 Å². The molecule has 0 unspecified atom stereocenters. The molecule has 0 spiro atoms. The second-order valence-corrected chi connectivity index (χ2v) is 7.36. The van der Waals surface area contributed by atoms with Crippen molar-refractivity contribution in [2.24, 2.45) is 0 Å². The third kappa shape index (κ3) is 1.72. The second kappa shape index (κ2) is 5.57. The number of allylic oxidation sites excluding steroid dienone is 1. The van der Waals surface area contributed by atoms with E-state index in [2.05, 4.69) is 6.58 Å². The molecule has 0 saturated carbocycles. The number of hydrogen-bond donors (Lipinski definition) is 0. The van der Waals surface area contributed by atoms with Gasteiger partial charge >= 0.3 is 0 Å². The summed E-state index contributed by atoms with van der Waals surface area (Å²) in [4.78, 5) is 0. The Labute approximate surface area is 160 Å². The predicted octanol–water partition coefficient (Wildman–Crippen LogP) is 6.35. The summed E-state index contributed by atoms with van der Waals surface area (Å²) >= 11 is 0. The Bertz CT molecular complexity index is 1130. The third-order valence-electron chi connectivity index (χ3n) is 6.28. The molecule has 2 bridgehead atoms. The molecule has 3 aliphatic carbocycles. The Morgan fingerprint density at radius 3 is 1.86 bits per heavy atom. The highest BCUT2D eigenvalue weighted by molar-refractivity contribution is 5.76. The molecule has 0 atom stereocenters. The lowest BCUT2D eigenvalue weighted by Gasteiger charge is -2.51. The molecule has 0 N–H and O–H groups in total. The zero-order valence-electron chi connectivity index (χ0n) is 15.1. The van der Waals surface area contributed by atoms with Gasteiger partial charge < -0.3 is 0 Å². The summed E-state index contributed by atoms with van der Waals surface area (Å²) in [5.41, 5.74) is 2.13. The lowest BCUT2D eigenvalue weighted by molar-refractivity contribution is 0.383. The smallest absolute Gasteiger partial charge is 0.197 e. The van der Waals surface area contributed by atoms with Crippen LogP contribution in [0.4, 0.5) is 17.6 Å². The summed E-state index contributed by atoms with van der Waals surface area (Å²) < 4.78 is 59.0. The normalized spacial score (nSPS) is 21.1. The molecule has 0 aromatic heterocycles. The van der Waals surface area contributed by atoms with Gasteiger partial charge in [0.05, 0.1) is 5.41 Å². The highest BCUT2D eigenvalue weighted by Crippen LogP contribution is 2.63. The Balaban J connectivity index is 2.08. The van der Waals surface area contributed by atoms with Crippen molar-refractivity contribution < 1.29 is 17.6 Å². The fourth-order valence-electron chi connectivity index (χ4n) is 5.18. The molecule has 0 aliphatic heterocycles. The third-order valence-corrected chi connectivity index (χ3v) is 6.28. The lowest BCUT2D eigenvalue weighted by atomic mass is 9.50. The van der Waals surface area contributed by atoms with E-state index in [4.69, 9.17) is 0 Å². The van der Waals surface area contributed by atoms with Crippen LogP contribution in [0.5, 0.6) is 0 Å². The SMILES string of the molecule is C=C(CC)C12c3ccccc3C(c3ccccc31)c1c(F)c(F)c(F)c(F)c12. The van der Waals surface area contributed by atoms with Crippen molar-refractivity contribution in [3.05, 3.63) is 117 Å². The minimum atomic E-state index is -1.78. The highest BCUT2D eigenvalue weighted by Gasteiger charge is 2.56. The average Bonchev–Trinajstić information content (AvgIpc) is 2.74. The molecule has 3 aromatic carbocycles. The molecular weight excluding hydrogens is 364 g/mol. The molecule has 3 aliphatic rings. The van der Waals surface area contributed by atoms with Gasteiger partial charge in [0.1, 0.15) is 0 Å². The molecule has 0 fully saturated rings. The molecular formula is C24H16F4. The van der Waals surface area contributed by atoms with Gasteiger partial charge in [0.15, 0.2) is 23.3 Å². The first-order chi connectivity index (χ1) is 13.5. The topological polar surface area (TPSA) is 0 Å². The Morgan fingerprint density at radius 1 is 0.821 bits per heavy atom. The van der Waals surface area contributed by atoms with Crippen LogP contribution in [0.25, 0.3) is 0 Å². The fraction of sp³-hybridized carbons (Fsp3) is 0.167. The van der Waals surface area contributed by atoms with Crippen LogP contribution in [-0.4, -0.2) is 0 Å². The van der Waals surface area contributed by atoms with Crippen LogP contribution in [0, 0.1) is 23.3 Å². The zero-order chi connectivity index (χ0) is 19.8. The first-order valence-corrected chi connectivity index (χ1v) is 9.19. The Hall–Kier alpha value is -2.88. The summed E-state index contributed by atoms with van der Waals surface area (Å²) in [6.45, 7) is 6.05. The summed E-state index contributed by atoms with van der Waals surface area (Å²) in [7, 11) is 0. The fourth-order valence-corrected chi connectivity index (χ4v) is 5.18. The quantitative estimate of drug-likeness (QED) is 0.210. The van der Waals surface area contributed by atoms with Crippen LogP contribution in [0.2, 0.25) is 0 Å². The van der Waals surface area contributed by atoms with Crippen molar-refractivity contribution in [1.82, 2.24) is 0 Å². The van der Waals surface area contributed by atoms with Gasteiger partial charge in [0.2, 0.25) is 0 Å². The van der Waals surface area contributed by atoms with Gasteiger partial charge in [-0.3, -0.25) is 0 Å². The molecule has 6 rings (SSSR count). The maximum Gasteiger partial charge on any atom is 0.197 e. The standard InChI is InChI=1S/C24H16F4/c1-3-12(2)24-15-10-6-4-8-13(15)17(14-9-5-7-11-16(14)24)18-19(24)21(26)23(28)22(27)20(18)25/h4-11,17H,2-3H2,1H3. The van der Waals surface area contributed by atoms with Crippen molar-refractivity contribution in [2.75, 3.05) is 0 Å². The molecule has 0 heterocycles. The van der Waals surface area contributed by atoms with Crippen LogP contribution < -0.4 is 0 Å². The summed E-state index contributed by atoms with van der Waals surface area (Å²) in [6.07, 6.45) is 0.465. The van der Waals surface area contributed by atoms with Crippen molar-refractivity contribution >= 4 is 0 Å². The minimum Gasteiger partial charge on any atom is -0.203 e. The zero-order valence-corrected chi connectivity index (χ0v) is 15.1. The van der Waals surface area contributed by atoms with Crippen LogP contribution in [0.3, 0.4) is 0 Å². The van der Waals surface area contributed by atoms with E-state index in [1.165, 1.54) is 0 Å². The molecule has 0 nitrogen and oxygen atoms in total. The largest absolute Gasteiger partial charge is 0.203 e. The molecule has 0 amide bonds. The van der Waals surface area contributed by atoms with Crippen molar-refractivity contribution in [3.8, 4) is 0 Å². The average molecular weight is 380 g/mol. The number of benzene rings is 3. The van der Waals surface area contributed by atoms with Crippen molar-refractivity contribution in [1.29, 1.82) is 0 Å². The molecule has 28 heavy (non-hydrogen) atoms. The summed E-state index contributed by atoms with van der Waals surface area (Å²) in [5.74, 6) is -6.90. The van der Waals surface area contributed by atoms with Crippen LogP contribution in [0.15, 0.2) is 60.7 Å². The molecule has 140 valence electrons. The van der Waals surface area contributed by atoms with Gasteiger partial charge in [0.25, 0.3) is 0 Å². The number of rotatable bonds is 2. The van der Waals surface area contributed by atoms with Crippen LogP contribution >= 0.6 is 0 Å². The van der Waals surface area contributed by atoms with E-state index in [0.29, 0.717) is 12.0 Å². The highest BCUT2D eigenvalue weighted by atomic mass is 19.2. The van der Waals surface area contributed by atoms with Crippen molar-refractivity contribution in [3.63, 3.8) is 0 Å². The van der Waals surface area contributed by atoms with Gasteiger partial charge in [-0.25, -0.2) is 17.6 Å². The van der Waals surface area contributed by atoms with Crippen LogP contribution in [-0.2, 0) is 5.41 Å². The summed E-state index contributed by atoms with van der Waals surface area (Å²) in [6, 6.07) is 14.7. The minimum absolute atomic E-state index is 0.122. The monoisotopic (exact) mass is 380 g/mol. The van der Waals surface area contributed by atoms with E-state index < -0.39 is 34.6 Å². The second-order valence-electron chi connectivity index (χ2n) is 7.36. The van der Waals surface area contributed by atoms with Crippen molar-refractivity contribution in [2.45, 2.75) is 24.7 Å². The van der Waals surface area contributed by atoms with Gasteiger partial charge in [-0.1, -0.05) is 67.6 Å². The first-order valence-electron chi connectivity index (χ1n) is 9.19. The van der Waals surface area contributed by atoms with E-state index in [1.807, 2.05) is 55.5 Å². The predicted molar refractivity (Wildman–Crippen MR) is 99.4 cm³/mol. The first kappa shape index (κ1) is 17.2. The number of halogens is 4. The van der Waals surface area contributed by atoms with E-state index >= 15 is 8.78 Å². The van der Waals surface area contributed by atoms with Gasteiger partial charge in [-0.2, -0.15) is 0 Å². The summed E-state index contributed by atoms with van der Waals surface area (Å²) in [5, 5.41) is 0. The van der Waals surface area contributed by atoms with Crippen LogP contribution in [0.1, 0.15) is 52.6 Å². The molecule has 3 aromatic rings. The Morgan fingerprint density at radius 2 is 1.32 bits per heavy atom. The van der Waals surface area contributed by atoms with E-state index in [-0.39, 0.29) is 11.1 Å². The number of hydrogen-bond acceptors (Lipinski definition) is 0. The maximum atomic E-state index is 15.3. The van der Waals surface area contributed by atoms with Gasteiger partial charge in [-0.05, 0) is 28.7 Å². The van der Waals surface area contributed by atoms with Gasteiger partial charge in [0, 0.05) is 17.0 Å². The Kier molecular flexibility index (Phi) is 3.43. The van der Waals surface area contributed by atoms with E-state index in [1.54, 1.807) is 0 Å². The lowest BCUT2D eigenvalue weighted by Crippen LogP contribution is -2.45. The molecule has 4 heteroatoms. The molecule has 0 radical (unpaired) electrons. The maximum absolute atomic E-state index is 15.3. The van der Waals surface area contributed by atoms with E-state index in [9.17, 15) is 8.78 Å².